The minimum absolute atomic E-state index is 0.137. The van der Waals surface area contributed by atoms with Crippen LogP contribution >= 0.6 is 0 Å². The summed E-state index contributed by atoms with van der Waals surface area (Å²) in [5.74, 6) is 0. The zero-order chi connectivity index (χ0) is 23.8. The summed E-state index contributed by atoms with van der Waals surface area (Å²) in [6, 6.07) is 19.1. The smallest absolute Gasteiger partial charge is 0.105 e. The first kappa shape index (κ1) is 25.2. The van der Waals surface area contributed by atoms with Crippen LogP contribution in [0.2, 0.25) is 0 Å². The number of ether oxygens (including phenoxy) is 3. The SMILES string of the molecule is Cc1cc(C)c(COCC(COCc2c(C)cc(C)cc2C)OCc2ccccc2)c(C)c1. The van der Waals surface area contributed by atoms with Gasteiger partial charge in [0.2, 0.25) is 0 Å². The van der Waals surface area contributed by atoms with Crippen LogP contribution in [-0.2, 0) is 34.0 Å². The third kappa shape index (κ3) is 7.53. The van der Waals surface area contributed by atoms with E-state index in [4.69, 9.17) is 14.2 Å². The van der Waals surface area contributed by atoms with Gasteiger partial charge in [-0.1, -0.05) is 65.7 Å². The lowest BCUT2D eigenvalue weighted by molar-refractivity contribution is -0.0731. The van der Waals surface area contributed by atoms with Crippen LogP contribution in [0, 0.1) is 41.5 Å². The zero-order valence-corrected chi connectivity index (χ0v) is 21.0. The van der Waals surface area contributed by atoms with Crippen LogP contribution in [0.25, 0.3) is 0 Å². The van der Waals surface area contributed by atoms with Crippen molar-refractivity contribution in [2.24, 2.45) is 0 Å². The summed E-state index contributed by atoms with van der Waals surface area (Å²) in [7, 11) is 0. The van der Waals surface area contributed by atoms with E-state index in [-0.39, 0.29) is 6.10 Å². The fourth-order valence-electron chi connectivity index (χ4n) is 4.39. The van der Waals surface area contributed by atoms with Gasteiger partial charge in [-0.2, -0.15) is 0 Å². The molecule has 0 aliphatic heterocycles. The van der Waals surface area contributed by atoms with Gasteiger partial charge in [-0.25, -0.2) is 0 Å². The van der Waals surface area contributed by atoms with Crippen LogP contribution in [0.3, 0.4) is 0 Å². The molecule has 176 valence electrons. The first-order valence-corrected chi connectivity index (χ1v) is 11.8. The van der Waals surface area contributed by atoms with E-state index in [9.17, 15) is 0 Å². The Morgan fingerprint density at radius 3 is 1.42 bits per heavy atom. The Morgan fingerprint density at radius 2 is 1.00 bits per heavy atom. The number of hydrogen-bond donors (Lipinski definition) is 0. The fraction of sp³-hybridized carbons (Fsp3) is 0.400. The van der Waals surface area contributed by atoms with E-state index in [1.165, 1.54) is 44.5 Å². The van der Waals surface area contributed by atoms with E-state index in [1.54, 1.807) is 0 Å². The van der Waals surface area contributed by atoms with Gasteiger partial charge in [0.25, 0.3) is 0 Å². The molecule has 0 aromatic heterocycles. The maximum Gasteiger partial charge on any atom is 0.105 e. The van der Waals surface area contributed by atoms with Gasteiger partial charge in [-0.05, 0) is 80.5 Å². The first-order valence-electron chi connectivity index (χ1n) is 11.8. The van der Waals surface area contributed by atoms with Crippen LogP contribution < -0.4 is 0 Å². The molecule has 0 saturated carbocycles. The lowest BCUT2D eigenvalue weighted by Crippen LogP contribution is -2.26. The molecule has 0 fully saturated rings. The molecule has 0 amide bonds. The second-order valence-electron chi connectivity index (χ2n) is 9.20. The fourth-order valence-corrected chi connectivity index (χ4v) is 4.39. The minimum Gasteiger partial charge on any atom is -0.374 e. The summed E-state index contributed by atoms with van der Waals surface area (Å²) in [6.45, 7) is 15.6. The molecule has 33 heavy (non-hydrogen) atoms. The normalized spacial score (nSPS) is 11.4. The van der Waals surface area contributed by atoms with E-state index >= 15 is 0 Å². The second kappa shape index (κ2) is 12.1. The summed E-state index contributed by atoms with van der Waals surface area (Å²) >= 11 is 0. The predicted molar refractivity (Wildman–Crippen MR) is 136 cm³/mol. The minimum atomic E-state index is -0.137. The Bertz CT molecular complexity index is 930. The molecule has 3 nitrogen and oxygen atoms in total. The third-order valence-electron chi connectivity index (χ3n) is 6.11. The van der Waals surface area contributed by atoms with Gasteiger partial charge < -0.3 is 14.2 Å². The quantitative estimate of drug-likeness (QED) is 0.322. The van der Waals surface area contributed by atoms with Gasteiger partial charge in [-0.15, -0.1) is 0 Å². The Kier molecular flexibility index (Phi) is 9.25. The molecule has 0 aliphatic rings. The Balaban J connectivity index is 1.60. The molecule has 3 rings (SSSR count). The summed E-state index contributed by atoms with van der Waals surface area (Å²) in [5.41, 5.74) is 11.3. The van der Waals surface area contributed by atoms with Crippen molar-refractivity contribution in [3.05, 3.63) is 105 Å². The molecule has 0 aliphatic carbocycles. The van der Waals surface area contributed by atoms with Crippen LogP contribution in [-0.4, -0.2) is 19.3 Å². The lowest BCUT2D eigenvalue weighted by atomic mass is 10.0. The van der Waals surface area contributed by atoms with Crippen molar-refractivity contribution in [3.8, 4) is 0 Å². The van der Waals surface area contributed by atoms with Crippen LogP contribution in [0.15, 0.2) is 54.6 Å². The highest BCUT2D eigenvalue weighted by molar-refractivity contribution is 5.37. The summed E-state index contributed by atoms with van der Waals surface area (Å²) in [4.78, 5) is 0. The van der Waals surface area contributed by atoms with Crippen LogP contribution in [0.5, 0.6) is 0 Å². The molecule has 0 radical (unpaired) electrons. The van der Waals surface area contributed by atoms with Gasteiger partial charge in [0, 0.05) is 0 Å². The molecular formula is C30H38O3. The van der Waals surface area contributed by atoms with Crippen molar-refractivity contribution < 1.29 is 14.2 Å². The van der Waals surface area contributed by atoms with Crippen LogP contribution in [0.1, 0.15) is 50.1 Å². The van der Waals surface area contributed by atoms with Crippen molar-refractivity contribution >= 4 is 0 Å². The lowest BCUT2D eigenvalue weighted by Gasteiger charge is -2.20. The van der Waals surface area contributed by atoms with E-state index in [0.29, 0.717) is 33.0 Å². The number of rotatable bonds is 11. The van der Waals surface area contributed by atoms with Gasteiger partial charge in [0.1, 0.15) is 6.10 Å². The maximum atomic E-state index is 6.21. The van der Waals surface area contributed by atoms with Gasteiger partial charge in [0.05, 0.1) is 33.0 Å². The molecule has 0 saturated heterocycles. The molecule has 0 unspecified atom stereocenters. The summed E-state index contributed by atoms with van der Waals surface area (Å²) < 4.78 is 18.5. The predicted octanol–water partition coefficient (Wildman–Crippen LogP) is 6.86. The Labute approximate surface area is 199 Å². The molecule has 0 atom stereocenters. The average Bonchev–Trinajstić information content (AvgIpc) is 2.75. The molecule has 3 aromatic carbocycles. The topological polar surface area (TPSA) is 27.7 Å². The maximum absolute atomic E-state index is 6.21. The van der Waals surface area contributed by atoms with E-state index in [0.717, 1.165) is 5.56 Å². The third-order valence-corrected chi connectivity index (χ3v) is 6.11. The second-order valence-corrected chi connectivity index (χ2v) is 9.20. The van der Waals surface area contributed by atoms with Gasteiger partial charge in [0.15, 0.2) is 0 Å². The number of aryl methyl sites for hydroxylation is 6. The van der Waals surface area contributed by atoms with Crippen molar-refractivity contribution in [1.29, 1.82) is 0 Å². The number of hydrogen-bond acceptors (Lipinski definition) is 3. The van der Waals surface area contributed by atoms with E-state index in [1.807, 2.05) is 18.2 Å². The molecule has 0 bridgehead atoms. The van der Waals surface area contributed by atoms with Gasteiger partial charge >= 0.3 is 0 Å². The molecular weight excluding hydrogens is 408 g/mol. The average molecular weight is 447 g/mol. The Morgan fingerprint density at radius 1 is 0.576 bits per heavy atom. The van der Waals surface area contributed by atoms with Crippen molar-refractivity contribution in [2.45, 2.75) is 67.5 Å². The van der Waals surface area contributed by atoms with Crippen molar-refractivity contribution in [1.82, 2.24) is 0 Å². The Hall–Kier alpha value is -2.46. The highest BCUT2D eigenvalue weighted by Crippen LogP contribution is 2.19. The molecule has 0 N–H and O–H groups in total. The molecule has 3 aromatic rings. The zero-order valence-electron chi connectivity index (χ0n) is 21.0. The van der Waals surface area contributed by atoms with Crippen molar-refractivity contribution in [3.63, 3.8) is 0 Å². The highest BCUT2D eigenvalue weighted by atomic mass is 16.6. The first-order chi connectivity index (χ1) is 15.8. The summed E-state index contributed by atoms with van der Waals surface area (Å²) in [6.07, 6.45) is -0.137. The summed E-state index contributed by atoms with van der Waals surface area (Å²) in [5, 5.41) is 0. The molecule has 0 spiro atoms. The number of benzene rings is 3. The molecule has 0 heterocycles. The van der Waals surface area contributed by atoms with Crippen LogP contribution in [0.4, 0.5) is 0 Å². The van der Waals surface area contributed by atoms with Gasteiger partial charge in [-0.3, -0.25) is 0 Å². The molecule has 3 heteroatoms. The highest BCUT2D eigenvalue weighted by Gasteiger charge is 2.13. The van der Waals surface area contributed by atoms with E-state index in [2.05, 4.69) is 77.9 Å². The van der Waals surface area contributed by atoms with Crippen molar-refractivity contribution in [2.75, 3.05) is 13.2 Å². The monoisotopic (exact) mass is 446 g/mol. The standard InChI is InChI=1S/C30H38O3/c1-21-12-23(3)29(24(4)13-21)19-31-17-28(33-16-27-10-8-7-9-11-27)18-32-20-30-25(5)14-22(2)15-26(30)6/h7-15,28H,16-20H2,1-6H3. The van der Waals surface area contributed by atoms with E-state index < -0.39 is 0 Å². The largest absolute Gasteiger partial charge is 0.374 e.